The van der Waals surface area contributed by atoms with Crippen molar-refractivity contribution in [2.24, 2.45) is 0 Å². The van der Waals surface area contributed by atoms with Crippen molar-refractivity contribution in [2.45, 2.75) is 23.5 Å². The van der Waals surface area contributed by atoms with Crippen LogP contribution in [0.5, 0.6) is 0 Å². The van der Waals surface area contributed by atoms with Crippen molar-refractivity contribution in [1.29, 1.82) is 0 Å². The number of para-hydroxylation sites is 2. The fourth-order valence-electron chi connectivity index (χ4n) is 4.18. The van der Waals surface area contributed by atoms with Crippen molar-refractivity contribution in [3.05, 3.63) is 65.9 Å². The van der Waals surface area contributed by atoms with Crippen LogP contribution < -0.4 is 5.32 Å². The average molecular weight is 377 g/mol. The molecule has 3 aromatic rings. The number of hydrogen-bond acceptors (Lipinski definition) is 3. The molecule has 1 aromatic heterocycles. The van der Waals surface area contributed by atoms with E-state index in [1.807, 2.05) is 55.6 Å². The number of aromatic amines is 1. The summed E-state index contributed by atoms with van der Waals surface area (Å²) in [4.78, 5) is 30.1. The lowest BCUT2D eigenvalue weighted by Crippen LogP contribution is -2.47. The summed E-state index contributed by atoms with van der Waals surface area (Å²) >= 11 is 1.44. The second-order valence-corrected chi connectivity index (χ2v) is 8.54. The molecule has 3 heterocycles. The lowest BCUT2D eigenvalue weighted by atomic mass is 10.0. The third kappa shape index (κ3) is 2.26. The van der Waals surface area contributed by atoms with Gasteiger partial charge in [-0.25, -0.2) is 0 Å². The van der Waals surface area contributed by atoms with Gasteiger partial charge in [-0.2, -0.15) is 0 Å². The van der Waals surface area contributed by atoms with Gasteiger partial charge in [-0.1, -0.05) is 36.4 Å². The van der Waals surface area contributed by atoms with Crippen molar-refractivity contribution < 1.29 is 9.59 Å². The van der Waals surface area contributed by atoms with E-state index in [0.717, 1.165) is 27.7 Å². The van der Waals surface area contributed by atoms with Gasteiger partial charge < -0.3 is 15.2 Å². The van der Waals surface area contributed by atoms with Crippen LogP contribution in [-0.4, -0.2) is 33.5 Å². The van der Waals surface area contributed by atoms with Gasteiger partial charge in [0.15, 0.2) is 4.87 Å². The molecule has 27 heavy (non-hydrogen) atoms. The molecule has 0 radical (unpaired) electrons. The van der Waals surface area contributed by atoms with Gasteiger partial charge in [-0.05, 0) is 31.0 Å². The Kier molecular flexibility index (Phi) is 3.59. The highest BCUT2D eigenvalue weighted by Gasteiger charge is 2.59. The van der Waals surface area contributed by atoms with E-state index >= 15 is 0 Å². The number of thioether (sulfide) groups is 1. The number of anilines is 1. The zero-order valence-electron chi connectivity index (χ0n) is 14.9. The first kappa shape index (κ1) is 16.4. The van der Waals surface area contributed by atoms with Crippen LogP contribution in [0.15, 0.2) is 54.7 Å². The van der Waals surface area contributed by atoms with E-state index in [9.17, 15) is 9.59 Å². The predicted molar refractivity (Wildman–Crippen MR) is 108 cm³/mol. The summed E-state index contributed by atoms with van der Waals surface area (Å²) in [5.74, 6) is -0.1000. The number of nitrogens with zero attached hydrogens (tertiary/aromatic N) is 1. The van der Waals surface area contributed by atoms with Crippen LogP contribution in [-0.2, 0) is 20.9 Å². The third-order valence-electron chi connectivity index (χ3n) is 5.47. The second-order valence-electron chi connectivity index (χ2n) is 7.00. The van der Waals surface area contributed by atoms with Gasteiger partial charge in [0.2, 0.25) is 5.91 Å². The van der Waals surface area contributed by atoms with E-state index in [4.69, 9.17) is 0 Å². The van der Waals surface area contributed by atoms with E-state index in [-0.39, 0.29) is 17.1 Å². The Labute approximate surface area is 161 Å². The van der Waals surface area contributed by atoms with E-state index in [1.165, 1.54) is 11.8 Å². The van der Waals surface area contributed by atoms with E-state index in [1.54, 1.807) is 4.90 Å². The Bertz CT molecular complexity index is 1080. The summed E-state index contributed by atoms with van der Waals surface area (Å²) in [5, 5.41) is 3.88. The Hall–Kier alpha value is -2.73. The van der Waals surface area contributed by atoms with E-state index in [2.05, 4.69) is 16.4 Å². The number of carbonyl (C=O) groups is 2. The molecular formula is C21H19N3O2S. The lowest BCUT2D eigenvalue weighted by Gasteiger charge is -2.32. The zero-order valence-corrected chi connectivity index (χ0v) is 15.7. The molecule has 0 saturated carbocycles. The van der Waals surface area contributed by atoms with Crippen molar-refractivity contribution >= 4 is 40.2 Å². The maximum Gasteiger partial charge on any atom is 0.265 e. The van der Waals surface area contributed by atoms with Crippen LogP contribution in [0.25, 0.3) is 10.9 Å². The van der Waals surface area contributed by atoms with Crippen molar-refractivity contribution in [1.82, 2.24) is 9.88 Å². The molecule has 6 heteroatoms. The molecule has 0 unspecified atom stereocenters. The smallest absolute Gasteiger partial charge is 0.265 e. The van der Waals surface area contributed by atoms with Crippen LogP contribution in [0, 0.1) is 0 Å². The summed E-state index contributed by atoms with van der Waals surface area (Å²) in [7, 11) is 0. The highest BCUT2D eigenvalue weighted by molar-refractivity contribution is 8.02. The molecule has 136 valence electrons. The Balaban J connectivity index is 1.52. The Morgan fingerprint density at radius 3 is 2.78 bits per heavy atom. The van der Waals surface area contributed by atoms with Crippen LogP contribution in [0.4, 0.5) is 5.69 Å². The average Bonchev–Trinajstić information content (AvgIpc) is 3.29. The molecule has 0 aliphatic carbocycles. The molecule has 2 aliphatic rings. The minimum atomic E-state index is -0.959. The summed E-state index contributed by atoms with van der Waals surface area (Å²) in [6.07, 6.45) is 2.69. The zero-order chi connectivity index (χ0) is 18.6. The minimum absolute atomic E-state index is 0.0201. The first-order valence-corrected chi connectivity index (χ1v) is 9.94. The molecule has 2 atom stereocenters. The summed E-state index contributed by atoms with van der Waals surface area (Å²) < 4.78 is 0. The van der Waals surface area contributed by atoms with Crippen LogP contribution in [0.2, 0.25) is 0 Å². The first-order chi connectivity index (χ1) is 13.1. The lowest BCUT2D eigenvalue weighted by molar-refractivity contribution is -0.137. The predicted octanol–water partition coefficient (Wildman–Crippen LogP) is 3.48. The van der Waals surface area contributed by atoms with Crippen LogP contribution in [0.1, 0.15) is 18.1 Å². The maximum absolute atomic E-state index is 13.0. The molecule has 0 bridgehead atoms. The van der Waals surface area contributed by atoms with Crippen molar-refractivity contribution in [3.8, 4) is 0 Å². The number of hydrogen-bond donors (Lipinski definition) is 2. The molecule has 1 saturated heterocycles. The van der Waals surface area contributed by atoms with Crippen molar-refractivity contribution in [3.63, 3.8) is 0 Å². The number of carbonyl (C=O) groups excluding carboxylic acids is 2. The van der Waals surface area contributed by atoms with Crippen LogP contribution >= 0.6 is 11.8 Å². The van der Waals surface area contributed by atoms with Crippen molar-refractivity contribution in [2.75, 3.05) is 11.9 Å². The van der Waals surface area contributed by atoms with Gasteiger partial charge in [-0.3, -0.25) is 9.59 Å². The Morgan fingerprint density at radius 2 is 1.89 bits per heavy atom. The molecular weight excluding hydrogens is 358 g/mol. The first-order valence-electron chi connectivity index (χ1n) is 9.06. The monoisotopic (exact) mass is 377 g/mol. The number of aromatic nitrogens is 1. The van der Waals surface area contributed by atoms with Gasteiger partial charge in [0.05, 0.1) is 5.25 Å². The summed E-state index contributed by atoms with van der Waals surface area (Å²) in [6, 6.07) is 15.8. The van der Waals surface area contributed by atoms with Crippen LogP contribution in [0.3, 0.4) is 0 Å². The Morgan fingerprint density at radius 1 is 1.11 bits per heavy atom. The summed E-state index contributed by atoms with van der Waals surface area (Å²) in [5.41, 5.74) is 3.93. The fraction of sp³-hybridized carbons (Fsp3) is 0.238. The third-order valence-corrected chi connectivity index (χ3v) is 6.99. The maximum atomic E-state index is 13.0. The molecule has 2 aliphatic heterocycles. The highest BCUT2D eigenvalue weighted by atomic mass is 32.2. The SMILES string of the molecule is C[C@H]1S[C@]2(C(=O)Nc3ccccc32)N(CCc2c[nH]c3ccccc23)C1=O. The quantitative estimate of drug-likeness (QED) is 0.734. The molecule has 1 fully saturated rings. The number of nitrogens with one attached hydrogen (secondary N) is 2. The standard InChI is InChI=1S/C21H19N3O2S/c1-13-19(25)24(11-10-14-12-22-17-8-4-2-6-15(14)17)21(27-13)16-7-3-5-9-18(16)23-20(21)26/h2-9,12-13,22H,10-11H2,1H3,(H,23,26)/t13-,21-/m1/s1. The molecule has 1 spiro atoms. The van der Waals surface area contributed by atoms with E-state index in [0.29, 0.717) is 13.0 Å². The molecule has 2 aromatic carbocycles. The number of rotatable bonds is 3. The van der Waals surface area contributed by atoms with Gasteiger partial charge in [-0.15, -0.1) is 11.8 Å². The minimum Gasteiger partial charge on any atom is -0.361 e. The number of fused-ring (bicyclic) bond motifs is 3. The van der Waals surface area contributed by atoms with E-state index < -0.39 is 4.87 Å². The molecule has 2 amide bonds. The normalized spacial score (nSPS) is 24.0. The number of H-pyrrole nitrogens is 1. The molecule has 5 nitrogen and oxygen atoms in total. The topological polar surface area (TPSA) is 65.2 Å². The number of amides is 2. The molecule has 2 N–H and O–H groups in total. The van der Waals surface area contributed by atoms with Gasteiger partial charge in [0.1, 0.15) is 0 Å². The van der Waals surface area contributed by atoms with Gasteiger partial charge in [0.25, 0.3) is 5.91 Å². The molecule has 5 rings (SSSR count). The fourth-order valence-corrected chi connectivity index (χ4v) is 5.70. The van der Waals surface area contributed by atoms with Gasteiger partial charge >= 0.3 is 0 Å². The number of benzene rings is 2. The highest BCUT2D eigenvalue weighted by Crippen LogP contribution is 2.54. The largest absolute Gasteiger partial charge is 0.361 e. The second kappa shape index (κ2) is 5.89. The van der Waals surface area contributed by atoms with Gasteiger partial charge in [0, 0.05) is 34.9 Å². The summed E-state index contributed by atoms with van der Waals surface area (Å²) in [6.45, 7) is 2.38.